The minimum absolute atomic E-state index is 0.0612. The Balaban J connectivity index is 2.01. The second-order valence-electron chi connectivity index (χ2n) is 4.39. The van der Waals surface area contributed by atoms with Gasteiger partial charge in [-0.05, 0) is 18.2 Å². The van der Waals surface area contributed by atoms with Gasteiger partial charge in [0.2, 0.25) is 0 Å². The van der Waals surface area contributed by atoms with Gasteiger partial charge in [-0.25, -0.2) is 9.97 Å². The lowest BCUT2D eigenvalue weighted by atomic mass is 10.2. The fourth-order valence-corrected chi connectivity index (χ4v) is 3.27. The third-order valence-corrected chi connectivity index (χ3v) is 4.26. The van der Waals surface area contributed by atoms with Crippen molar-refractivity contribution >= 4 is 34.2 Å². The number of fused-ring (bicyclic) bond motifs is 1. The van der Waals surface area contributed by atoms with Crippen LogP contribution in [0.25, 0.3) is 10.9 Å². The van der Waals surface area contributed by atoms with E-state index in [2.05, 4.69) is 15.3 Å². The van der Waals surface area contributed by atoms with Gasteiger partial charge >= 0.3 is 0 Å². The summed E-state index contributed by atoms with van der Waals surface area (Å²) in [5, 5.41) is 14.9. The van der Waals surface area contributed by atoms with E-state index in [0.29, 0.717) is 22.8 Å². The average Bonchev–Trinajstić information content (AvgIpc) is 2.91. The number of nitro benzene ring substituents is 1. The van der Waals surface area contributed by atoms with E-state index < -0.39 is 4.92 Å². The lowest BCUT2D eigenvalue weighted by Gasteiger charge is -2.13. The van der Waals surface area contributed by atoms with Gasteiger partial charge < -0.3 is 5.32 Å². The highest BCUT2D eigenvalue weighted by molar-refractivity contribution is 7.99. The third kappa shape index (κ3) is 2.46. The summed E-state index contributed by atoms with van der Waals surface area (Å²) in [6.45, 7) is 0. The predicted octanol–water partition coefficient (Wildman–Crippen LogP) is 2.46. The Hall–Kier alpha value is -1.89. The van der Waals surface area contributed by atoms with Gasteiger partial charge in [0, 0.05) is 29.3 Å². The van der Waals surface area contributed by atoms with E-state index in [-0.39, 0.29) is 5.69 Å². The highest BCUT2D eigenvalue weighted by Gasteiger charge is 2.17. The van der Waals surface area contributed by atoms with Gasteiger partial charge in [0.15, 0.2) is 0 Å². The van der Waals surface area contributed by atoms with Crippen LogP contribution in [0.4, 0.5) is 11.5 Å². The molecule has 0 spiro atoms. The van der Waals surface area contributed by atoms with E-state index in [1.54, 1.807) is 6.07 Å². The van der Waals surface area contributed by atoms with Crippen LogP contribution in [-0.2, 0) is 0 Å². The van der Waals surface area contributed by atoms with Crippen LogP contribution in [0.3, 0.4) is 0 Å². The molecule has 0 bridgehead atoms. The Morgan fingerprint density at radius 2 is 2.32 bits per heavy atom. The molecule has 7 heteroatoms. The molecular formula is C12H12N4O2S. The molecule has 1 unspecified atom stereocenters. The normalized spacial score (nSPS) is 18.6. The summed E-state index contributed by atoms with van der Waals surface area (Å²) in [7, 11) is 0. The summed E-state index contributed by atoms with van der Waals surface area (Å²) in [6.07, 6.45) is 2.57. The minimum Gasteiger partial charge on any atom is -0.366 e. The number of hydrogen-bond acceptors (Lipinski definition) is 6. The van der Waals surface area contributed by atoms with E-state index in [1.165, 1.54) is 18.5 Å². The first-order chi connectivity index (χ1) is 9.24. The number of thioether (sulfide) groups is 1. The van der Waals surface area contributed by atoms with Crippen LogP contribution in [0.1, 0.15) is 6.42 Å². The topological polar surface area (TPSA) is 81.0 Å². The Morgan fingerprint density at radius 3 is 3.05 bits per heavy atom. The van der Waals surface area contributed by atoms with Crippen molar-refractivity contribution in [3.8, 4) is 0 Å². The first-order valence-corrected chi connectivity index (χ1v) is 7.13. The number of non-ortho nitro benzene ring substituents is 1. The van der Waals surface area contributed by atoms with Crippen LogP contribution in [0.2, 0.25) is 0 Å². The monoisotopic (exact) mass is 276 g/mol. The van der Waals surface area contributed by atoms with Crippen molar-refractivity contribution in [1.29, 1.82) is 0 Å². The van der Waals surface area contributed by atoms with Crippen LogP contribution in [-0.4, -0.2) is 32.4 Å². The molecule has 1 N–H and O–H groups in total. The van der Waals surface area contributed by atoms with Crippen molar-refractivity contribution in [2.24, 2.45) is 0 Å². The van der Waals surface area contributed by atoms with E-state index in [0.717, 1.165) is 17.9 Å². The Kier molecular flexibility index (Phi) is 3.20. The molecule has 3 rings (SSSR count). The van der Waals surface area contributed by atoms with Gasteiger partial charge in [0.05, 0.1) is 10.4 Å². The lowest BCUT2D eigenvalue weighted by molar-refractivity contribution is -0.384. The highest BCUT2D eigenvalue weighted by atomic mass is 32.2. The fourth-order valence-electron chi connectivity index (χ4n) is 2.11. The van der Waals surface area contributed by atoms with Crippen molar-refractivity contribution < 1.29 is 4.92 Å². The molecule has 19 heavy (non-hydrogen) atoms. The Morgan fingerprint density at radius 1 is 1.42 bits per heavy atom. The second kappa shape index (κ2) is 5.00. The number of rotatable bonds is 3. The Bertz CT molecular complexity index is 628. The van der Waals surface area contributed by atoms with Crippen LogP contribution < -0.4 is 5.32 Å². The number of nitrogens with zero attached hydrogens (tertiary/aromatic N) is 3. The molecule has 98 valence electrons. The summed E-state index contributed by atoms with van der Waals surface area (Å²) in [5.74, 6) is 2.86. The van der Waals surface area contributed by atoms with Crippen molar-refractivity contribution in [3.05, 3.63) is 34.6 Å². The molecular weight excluding hydrogens is 264 g/mol. The molecule has 0 aliphatic carbocycles. The Labute approximate surface area is 113 Å². The third-order valence-electron chi connectivity index (χ3n) is 3.10. The molecule has 0 saturated carbocycles. The maximum Gasteiger partial charge on any atom is 0.270 e. The molecule has 1 aliphatic heterocycles. The molecule has 1 atom stereocenters. The quantitative estimate of drug-likeness (QED) is 0.685. The standard InChI is InChI=1S/C12H12N4O2S/c17-16(18)9-1-2-11-10(5-9)12(14-7-13-11)15-8-3-4-19-6-8/h1-2,5,7-8H,3-4,6H2,(H,13,14,15). The molecule has 1 aliphatic rings. The molecule has 0 amide bonds. The van der Waals surface area contributed by atoms with Crippen LogP contribution in [0.5, 0.6) is 0 Å². The summed E-state index contributed by atoms with van der Waals surface area (Å²) in [6, 6.07) is 5.02. The summed E-state index contributed by atoms with van der Waals surface area (Å²) in [5.41, 5.74) is 0.778. The number of nitrogens with one attached hydrogen (secondary N) is 1. The zero-order valence-electron chi connectivity index (χ0n) is 10.1. The van der Waals surface area contributed by atoms with E-state index >= 15 is 0 Å². The van der Waals surface area contributed by atoms with E-state index in [9.17, 15) is 10.1 Å². The van der Waals surface area contributed by atoms with E-state index in [1.807, 2.05) is 11.8 Å². The zero-order valence-corrected chi connectivity index (χ0v) is 10.9. The first kappa shape index (κ1) is 12.2. The van der Waals surface area contributed by atoms with Gasteiger partial charge in [-0.2, -0.15) is 11.8 Å². The fraction of sp³-hybridized carbons (Fsp3) is 0.333. The lowest BCUT2D eigenvalue weighted by Crippen LogP contribution is -2.19. The van der Waals surface area contributed by atoms with E-state index in [4.69, 9.17) is 0 Å². The van der Waals surface area contributed by atoms with Gasteiger partial charge in [-0.1, -0.05) is 0 Å². The number of aromatic nitrogens is 2. The second-order valence-corrected chi connectivity index (χ2v) is 5.54. The van der Waals surface area contributed by atoms with Gasteiger partial charge in [-0.3, -0.25) is 10.1 Å². The SMILES string of the molecule is O=[N+]([O-])c1ccc2ncnc(NC3CCSC3)c2c1. The largest absolute Gasteiger partial charge is 0.366 e. The number of nitro groups is 1. The number of anilines is 1. The predicted molar refractivity (Wildman–Crippen MR) is 75.5 cm³/mol. The number of benzene rings is 1. The average molecular weight is 276 g/mol. The minimum atomic E-state index is -0.401. The van der Waals surface area contributed by atoms with Gasteiger partial charge in [0.25, 0.3) is 5.69 Å². The van der Waals surface area contributed by atoms with Crippen molar-refractivity contribution in [2.75, 3.05) is 16.8 Å². The number of hydrogen-bond donors (Lipinski definition) is 1. The van der Waals surface area contributed by atoms with Crippen LogP contribution in [0.15, 0.2) is 24.5 Å². The molecule has 1 fully saturated rings. The smallest absolute Gasteiger partial charge is 0.270 e. The highest BCUT2D eigenvalue weighted by Crippen LogP contribution is 2.27. The molecule has 1 saturated heterocycles. The zero-order chi connectivity index (χ0) is 13.2. The van der Waals surface area contributed by atoms with Gasteiger partial charge in [-0.15, -0.1) is 0 Å². The van der Waals surface area contributed by atoms with Crippen LogP contribution in [0, 0.1) is 10.1 Å². The molecule has 6 nitrogen and oxygen atoms in total. The van der Waals surface area contributed by atoms with Crippen molar-refractivity contribution in [3.63, 3.8) is 0 Å². The van der Waals surface area contributed by atoms with Crippen molar-refractivity contribution in [2.45, 2.75) is 12.5 Å². The molecule has 1 aromatic heterocycles. The molecule has 2 aromatic rings. The molecule has 1 aromatic carbocycles. The summed E-state index contributed by atoms with van der Waals surface area (Å²) in [4.78, 5) is 18.8. The maximum atomic E-state index is 10.8. The van der Waals surface area contributed by atoms with Crippen LogP contribution >= 0.6 is 11.8 Å². The summed E-state index contributed by atoms with van der Waals surface area (Å²) < 4.78 is 0. The maximum absolute atomic E-state index is 10.8. The van der Waals surface area contributed by atoms with Crippen molar-refractivity contribution in [1.82, 2.24) is 9.97 Å². The molecule has 0 radical (unpaired) electrons. The first-order valence-electron chi connectivity index (χ1n) is 5.97. The van der Waals surface area contributed by atoms with Gasteiger partial charge in [0.1, 0.15) is 12.1 Å². The summed E-state index contributed by atoms with van der Waals surface area (Å²) >= 11 is 1.90. The molecule has 2 heterocycles.